The average Bonchev–Trinajstić information content (AvgIpc) is 2.48. The number of piperidine rings is 2. The van der Waals surface area contributed by atoms with Gasteiger partial charge in [-0.05, 0) is 58.9 Å². The molecule has 5 heteroatoms. The highest BCUT2D eigenvalue weighted by atomic mass is 16.1. The van der Waals surface area contributed by atoms with E-state index < -0.39 is 0 Å². The molecular weight excluding hydrogens is 252 g/mol. The Labute approximate surface area is 122 Å². The van der Waals surface area contributed by atoms with Gasteiger partial charge in [0.1, 0.15) is 0 Å². The Morgan fingerprint density at radius 3 is 2.40 bits per heavy atom. The quantitative estimate of drug-likeness (QED) is 0.766. The third-order valence-electron chi connectivity index (χ3n) is 4.93. The lowest BCUT2D eigenvalue weighted by molar-refractivity contribution is -0.122. The lowest BCUT2D eigenvalue weighted by Crippen LogP contribution is -2.61. The summed E-state index contributed by atoms with van der Waals surface area (Å²) in [6.07, 6.45) is 6.71. The van der Waals surface area contributed by atoms with Crippen LogP contribution in [0.5, 0.6) is 0 Å². The van der Waals surface area contributed by atoms with Crippen LogP contribution in [-0.2, 0) is 4.79 Å². The lowest BCUT2D eigenvalue weighted by Gasteiger charge is -2.50. The highest BCUT2D eigenvalue weighted by Crippen LogP contribution is 2.30. The third-order valence-corrected chi connectivity index (χ3v) is 4.93. The number of nitrogens with two attached hydrogens (primary N) is 1. The molecule has 0 atom stereocenters. The monoisotopic (exact) mass is 282 g/mol. The first-order valence-electron chi connectivity index (χ1n) is 8.07. The number of likely N-dealkylation sites (tertiary alicyclic amines) is 2. The second kappa shape index (κ2) is 7.38. The molecule has 0 aromatic carbocycles. The summed E-state index contributed by atoms with van der Waals surface area (Å²) in [5, 5.41) is 3.13. The predicted molar refractivity (Wildman–Crippen MR) is 81.6 cm³/mol. The van der Waals surface area contributed by atoms with Crippen molar-refractivity contribution in [1.82, 2.24) is 15.1 Å². The zero-order valence-corrected chi connectivity index (χ0v) is 12.9. The molecule has 20 heavy (non-hydrogen) atoms. The van der Waals surface area contributed by atoms with Crippen LogP contribution in [0.3, 0.4) is 0 Å². The minimum absolute atomic E-state index is 0.0998. The molecule has 0 bridgehead atoms. The van der Waals surface area contributed by atoms with Crippen LogP contribution in [0.1, 0.15) is 38.5 Å². The standard InChI is InChI=1S/C15H30N4O/c1-18-11-6-15(7-12-18,13-17-14(20)5-8-16)19-9-3-2-4-10-19/h2-13,16H2,1H3,(H,17,20). The van der Waals surface area contributed by atoms with Crippen molar-refractivity contribution in [3.05, 3.63) is 0 Å². The van der Waals surface area contributed by atoms with E-state index in [4.69, 9.17) is 5.73 Å². The normalized spacial score (nSPS) is 24.5. The average molecular weight is 282 g/mol. The zero-order chi connectivity index (χ0) is 14.4. The summed E-state index contributed by atoms with van der Waals surface area (Å²) in [6.45, 7) is 5.87. The van der Waals surface area contributed by atoms with Crippen LogP contribution >= 0.6 is 0 Å². The Bertz CT molecular complexity index is 307. The van der Waals surface area contributed by atoms with Crippen molar-refractivity contribution >= 4 is 5.91 Å². The summed E-state index contributed by atoms with van der Waals surface area (Å²) in [6, 6.07) is 0. The fraction of sp³-hybridized carbons (Fsp3) is 0.933. The van der Waals surface area contributed by atoms with E-state index in [-0.39, 0.29) is 11.4 Å². The van der Waals surface area contributed by atoms with Gasteiger partial charge in [-0.1, -0.05) is 6.42 Å². The largest absolute Gasteiger partial charge is 0.354 e. The summed E-state index contributed by atoms with van der Waals surface area (Å²) in [4.78, 5) is 16.8. The number of nitrogens with zero attached hydrogens (tertiary/aromatic N) is 2. The molecule has 0 saturated carbocycles. The van der Waals surface area contributed by atoms with Crippen molar-refractivity contribution < 1.29 is 4.79 Å². The van der Waals surface area contributed by atoms with Gasteiger partial charge in [-0.25, -0.2) is 0 Å². The maximum absolute atomic E-state index is 11.8. The van der Waals surface area contributed by atoms with E-state index in [2.05, 4.69) is 22.2 Å². The van der Waals surface area contributed by atoms with Gasteiger partial charge < -0.3 is 16.0 Å². The Hall–Kier alpha value is -0.650. The molecular formula is C15H30N4O. The Balaban J connectivity index is 1.97. The van der Waals surface area contributed by atoms with Gasteiger partial charge in [-0.3, -0.25) is 9.69 Å². The fourth-order valence-electron chi connectivity index (χ4n) is 3.49. The summed E-state index contributed by atoms with van der Waals surface area (Å²) < 4.78 is 0. The van der Waals surface area contributed by atoms with Gasteiger partial charge >= 0.3 is 0 Å². The molecule has 0 spiro atoms. The number of rotatable bonds is 5. The van der Waals surface area contributed by atoms with E-state index in [1.807, 2.05) is 0 Å². The number of hydrogen-bond donors (Lipinski definition) is 2. The van der Waals surface area contributed by atoms with E-state index in [0.717, 1.165) is 32.5 Å². The van der Waals surface area contributed by atoms with Crippen molar-refractivity contribution in [3.8, 4) is 0 Å². The Morgan fingerprint density at radius 1 is 1.15 bits per heavy atom. The van der Waals surface area contributed by atoms with Gasteiger partial charge in [-0.2, -0.15) is 0 Å². The van der Waals surface area contributed by atoms with Crippen LogP contribution in [0.2, 0.25) is 0 Å². The molecule has 0 aromatic heterocycles. The number of nitrogens with one attached hydrogen (secondary N) is 1. The molecule has 116 valence electrons. The minimum Gasteiger partial charge on any atom is -0.354 e. The maximum atomic E-state index is 11.8. The van der Waals surface area contributed by atoms with E-state index in [1.165, 1.54) is 32.4 Å². The van der Waals surface area contributed by atoms with Crippen LogP contribution in [0.4, 0.5) is 0 Å². The van der Waals surface area contributed by atoms with E-state index in [0.29, 0.717) is 13.0 Å². The fourth-order valence-corrected chi connectivity index (χ4v) is 3.49. The summed E-state index contributed by atoms with van der Waals surface area (Å²) in [7, 11) is 2.19. The SMILES string of the molecule is CN1CCC(CNC(=O)CCN)(N2CCCCC2)CC1. The van der Waals surface area contributed by atoms with Crippen LogP contribution in [0.25, 0.3) is 0 Å². The van der Waals surface area contributed by atoms with Crippen LogP contribution < -0.4 is 11.1 Å². The van der Waals surface area contributed by atoms with Gasteiger partial charge in [0.15, 0.2) is 0 Å². The summed E-state index contributed by atoms with van der Waals surface area (Å²) in [5.74, 6) is 0.0998. The molecule has 3 N–H and O–H groups in total. The van der Waals surface area contributed by atoms with Crippen molar-refractivity contribution in [3.63, 3.8) is 0 Å². The van der Waals surface area contributed by atoms with Gasteiger partial charge in [0.2, 0.25) is 5.91 Å². The molecule has 0 unspecified atom stereocenters. The first kappa shape index (κ1) is 15.7. The van der Waals surface area contributed by atoms with Crippen LogP contribution in [0.15, 0.2) is 0 Å². The number of amides is 1. The molecule has 1 amide bonds. The van der Waals surface area contributed by atoms with E-state index in [1.54, 1.807) is 0 Å². The van der Waals surface area contributed by atoms with Crippen LogP contribution in [-0.4, -0.2) is 67.6 Å². The van der Waals surface area contributed by atoms with Crippen molar-refractivity contribution in [1.29, 1.82) is 0 Å². The molecule has 2 fully saturated rings. The number of hydrogen-bond acceptors (Lipinski definition) is 4. The smallest absolute Gasteiger partial charge is 0.221 e. The van der Waals surface area contributed by atoms with Crippen LogP contribution in [0, 0.1) is 0 Å². The molecule has 0 radical (unpaired) electrons. The molecule has 0 aromatic rings. The van der Waals surface area contributed by atoms with Gasteiger partial charge in [0.25, 0.3) is 0 Å². The van der Waals surface area contributed by atoms with Gasteiger partial charge in [-0.15, -0.1) is 0 Å². The molecule has 0 aliphatic carbocycles. The molecule has 2 aliphatic heterocycles. The maximum Gasteiger partial charge on any atom is 0.221 e. The van der Waals surface area contributed by atoms with E-state index >= 15 is 0 Å². The number of carbonyl (C=O) groups excluding carboxylic acids is 1. The highest BCUT2D eigenvalue weighted by molar-refractivity contribution is 5.76. The van der Waals surface area contributed by atoms with Crippen molar-refractivity contribution in [2.75, 3.05) is 46.3 Å². The third kappa shape index (κ3) is 3.93. The summed E-state index contributed by atoms with van der Waals surface area (Å²) >= 11 is 0. The van der Waals surface area contributed by atoms with Gasteiger partial charge in [0, 0.05) is 25.0 Å². The molecule has 5 nitrogen and oxygen atoms in total. The topological polar surface area (TPSA) is 61.6 Å². The Kier molecular flexibility index (Phi) is 5.81. The highest BCUT2D eigenvalue weighted by Gasteiger charge is 2.39. The zero-order valence-electron chi connectivity index (χ0n) is 12.9. The molecule has 2 heterocycles. The second-order valence-corrected chi connectivity index (χ2v) is 6.39. The molecule has 2 rings (SSSR count). The lowest BCUT2D eigenvalue weighted by atomic mass is 9.84. The van der Waals surface area contributed by atoms with E-state index in [9.17, 15) is 4.79 Å². The van der Waals surface area contributed by atoms with Gasteiger partial charge in [0.05, 0.1) is 0 Å². The predicted octanol–water partition coefficient (Wildman–Crippen LogP) is 0.402. The summed E-state index contributed by atoms with van der Waals surface area (Å²) in [5.41, 5.74) is 5.63. The Morgan fingerprint density at radius 2 is 1.80 bits per heavy atom. The van der Waals surface area contributed by atoms with Crippen molar-refractivity contribution in [2.45, 2.75) is 44.1 Å². The first-order chi connectivity index (χ1) is 9.66. The molecule has 2 saturated heterocycles. The van der Waals surface area contributed by atoms with Crippen molar-refractivity contribution in [2.24, 2.45) is 5.73 Å². The number of carbonyl (C=O) groups is 1. The molecule has 2 aliphatic rings. The first-order valence-corrected chi connectivity index (χ1v) is 8.07. The second-order valence-electron chi connectivity index (χ2n) is 6.39. The minimum atomic E-state index is 0.0998.